The van der Waals surface area contributed by atoms with Crippen molar-refractivity contribution in [2.24, 2.45) is 0 Å². The highest BCUT2D eigenvalue weighted by Crippen LogP contribution is 2.13. The molecular weight excluding hydrogens is 366 g/mol. The average molecular weight is 389 g/mol. The first kappa shape index (κ1) is 19.2. The van der Waals surface area contributed by atoms with Crippen LogP contribution < -0.4 is 10.6 Å². The van der Waals surface area contributed by atoms with E-state index < -0.39 is 0 Å². The van der Waals surface area contributed by atoms with Gasteiger partial charge in [0.25, 0.3) is 11.8 Å². The fourth-order valence-corrected chi connectivity index (χ4v) is 3.66. The van der Waals surface area contributed by atoms with Gasteiger partial charge >= 0.3 is 0 Å². The molecule has 0 spiro atoms. The standard InChI is InChI=1S/C19H23N3O4S/c1-13-2-3-16(26-13)19(25)21-15-5-9-22(10-6-15)17(23)4-8-20-18(24)14-7-11-27-12-14/h2-3,7,11-12,15H,4-6,8-10H2,1H3,(H,20,24)(H,21,25). The van der Waals surface area contributed by atoms with Crippen LogP contribution in [0, 0.1) is 6.92 Å². The SMILES string of the molecule is Cc1ccc(C(=O)NC2CCN(C(=O)CCNC(=O)c3ccsc3)CC2)o1. The molecule has 0 bridgehead atoms. The molecule has 7 nitrogen and oxygen atoms in total. The number of hydrogen-bond acceptors (Lipinski definition) is 5. The summed E-state index contributed by atoms with van der Waals surface area (Å²) >= 11 is 1.46. The summed E-state index contributed by atoms with van der Waals surface area (Å²) in [4.78, 5) is 38.1. The molecule has 0 saturated carbocycles. The lowest BCUT2D eigenvalue weighted by Gasteiger charge is -2.32. The molecule has 2 aromatic heterocycles. The van der Waals surface area contributed by atoms with Gasteiger partial charge < -0.3 is 20.0 Å². The van der Waals surface area contributed by atoms with Gasteiger partial charge in [-0.05, 0) is 43.3 Å². The predicted octanol–water partition coefficient (Wildman–Crippen LogP) is 2.19. The van der Waals surface area contributed by atoms with Gasteiger partial charge in [-0.3, -0.25) is 14.4 Å². The first-order chi connectivity index (χ1) is 13.0. The van der Waals surface area contributed by atoms with Crippen LogP contribution in [0.4, 0.5) is 0 Å². The van der Waals surface area contributed by atoms with Crippen LogP contribution in [0.15, 0.2) is 33.4 Å². The van der Waals surface area contributed by atoms with Crippen molar-refractivity contribution in [1.82, 2.24) is 15.5 Å². The Morgan fingerprint density at radius 3 is 2.59 bits per heavy atom. The number of nitrogens with zero attached hydrogens (tertiary/aromatic N) is 1. The maximum Gasteiger partial charge on any atom is 0.287 e. The van der Waals surface area contributed by atoms with E-state index in [1.165, 1.54) is 11.3 Å². The Bertz CT molecular complexity index is 792. The summed E-state index contributed by atoms with van der Waals surface area (Å²) in [7, 11) is 0. The van der Waals surface area contributed by atoms with Crippen molar-refractivity contribution in [2.45, 2.75) is 32.2 Å². The number of nitrogens with one attached hydrogen (secondary N) is 2. The van der Waals surface area contributed by atoms with Crippen LogP contribution in [0.1, 0.15) is 45.9 Å². The molecule has 27 heavy (non-hydrogen) atoms. The highest BCUT2D eigenvalue weighted by Gasteiger charge is 2.24. The Kier molecular flexibility index (Phi) is 6.28. The zero-order valence-corrected chi connectivity index (χ0v) is 16.0. The monoisotopic (exact) mass is 389 g/mol. The molecule has 1 aliphatic heterocycles. The second-order valence-corrected chi connectivity index (χ2v) is 7.34. The van der Waals surface area contributed by atoms with E-state index in [9.17, 15) is 14.4 Å². The highest BCUT2D eigenvalue weighted by atomic mass is 32.1. The van der Waals surface area contributed by atoms with E-state index in [0.29, 0.717) is 49.6 Å². The summed E-state index contributed by atoms with van der Waals surface area (Å²) in [5, 5.41) is 9.34. The van der Waals surface area contributed by atoms with E-state index in [-0.39, 0.29) is 30.2 Å². The smallest absolute Gasteiger partial charge is 0.287 e. The Morgan fingerprint density at radius 2 is 1.96 bits per heavy atom. The fraction of sp³-hybridized carbons (Fsp3) is 0.421. The molecule has 0 unspecified atom stereocenters. The largest absolute Gasteiger partial charge is 0.456 e. The van der Waals surface area contributed by atoms with Crippen LogP contribution in [0.3, 0.4) is 0 Å². The summed E-state index contributed by atoms with van der Waals surface area (Å²) in [5.41, 5.74) is 0.621. The maximum atomic E-state index is 12.3. The number of piperidine rings is 1. The number of aryl methyl sites for hydroxylation is 1. The van der Waals surface area contributed by atoms with Crippen molar-refractivity contribution in [3.8, 4) is 0 Å². The van der Waals surface area contributed by atoms with Gasteiger partial charge in [-0.1, -0.05) is 0 Å². The summed E-state index contributed by atoms with van der Waals surface area (Å²) in [5.74, 6) is 0.661. The third kappa shape index (κ3) is 5.19. The third-order valence-electron chi connectivity index (χ3n) is 4.55. The van der Waals surface area contributed by atoms with Crippen LogP contribution in [0.2, 0.25) is 0 Å². The van der Waals surface area contributed by atoms with E-state index in [0.717, 1.165) is 0 Å². The van der Waals surface area contributed by atoms with Crippen molar-refractivity contribution in [3.05, 3.63) is 46.0 Å². The summed E-state index contributed by atoms with van der Waals surface area (Å²) < 4.78 is 5.33. The molecule has 3 amide bonds. The highest BCUT2D eigenvalue weighted by molar-refractivity contribution is 7.08. The van der Waals surface area contributed by atoms with Crippen LogP contribution >= 0.6 is 11.3 Å². The molecule has 1 saturated heterocycles. The van der Waals surface area contributed by atoms with Gasteiger partial charge in [0.2, 0.25) is 5.91 Å². The number of carbonyl (C=O) groups excluding carboxylic acids is 3. The molecule has 3 rings (SSSR count). The normalized spacial score (nSPS) is 14.8. The summed E-state index contributed by atoms with van der Waals surface area (Å²) in [6, 6.07) is 5.21. The zero-order chi connectivity index (χ0) is 19.2. The number of amides is 3. The average Bonchev–Trinajstić information content (AvgIpc) is 3.34. The van der Waals surface area contributed by atoms with Crippen LogP contribution in [-0.4, -0.2) is 48.3 Å². The molecule has 0 aliphatic carbocycles. The lowest BCUT2D eigenvalue weighted by molar-refractivity contribution is -0.132. The lowest BCUT2D eigenvalue weighted by Crippen LogP contribution is -2.47. The van der Waals surface area contributed by atoms with Crippen molar-refractivity contribution in [3.63, 3.8) is 0 Å². The maximum absolute atomic E-state index is 12.3. The number of furan rings is 1. The second-order valence-electron chi connectivity index (χ2n) is 6.56. The number of rotatable bonds is 6. The van der Waals surface area contributed by atoms with E-state index in [1.807, 2.05) is 5.38 Å². The molecule has 1 aliphatic rings. The minimum atomic E-state index is -0.219. The summed E-state index contributed by atoms with van der Waals surface area (Å²) in [6.07, 6.45) is 1.69. The molecule has 0 atom stereocenters. The Balaban J connectivity index is 1.36. The van der Waals surface area contributed by atoms with Gasteiger partial charge in [0.1, 0.15) is 5.76 Å². The first-order valence-electron chi connectivity index (χ1n) is 8.98. The number of likely N-dealkylation sites (tertiary alicyclic amines) is 1. The van der Waals surface area contributed by atoms with Crippen molar-refractivity contribution < 1.29 is 18.8 Å². The summed E-state index contributed by atoms with van der Waals surface area (Å²) in [6.45, 7) is 3.31. The van der Waals surface area contributed by atoms with Crippen molar-refractivity contribution >= 4 is 29.1 Å². The molecule has 3 heterocycles. The topological polar surface area (TPSA) is 91.7 Å². The Labute approximate surface area is 161 Å². The van der Waals surface area contributed by atoms with Gasteiger partial charge in [0, 0.05) is 43.0 Å². The van der Waals surface area contributed by atoms with Gasteiger partial charge in [-0.15, -0.1) is 0 Å². The number of thiophene rings is 1. The lowest BCUT2D eigenvalue weighted by atomic mass is 10.0. The molecule has 0 radical (unpaired) electrons. The molecule has 2 aromatic rings. The van der Waals surface area contributed by atoms with Gasteiger partial charge in [0.15, 0.2) is 5.76 Å². The molecule has 2 N–H and O–H groups in total. The second kappa shape index (κ2) is 8.85. The Morgan fingerprint density at radius 1 is 1.19 bits per heavy atom. The molecular formula is C19H23N3O4S. The van der Waals surface area contributed by atoms with Crippen LogP contribution in [0.25, 0.3) is 0 Å². The predicted molar refractivity (Wildman–Crippen MR) is 102 cm³/mol. The van der Waals surface area contributed by atoms with E-state index in [1.54, 1.807) is 35.4 Å². The minimum Gasteiger partial charge on any atom is -0.456 e. The van der Waals surface area contributed by atoms with Gasteiger partial charge in [-0.25, -0.2) is 0 Å². The molecule has 1 fully saturated rings. The van der Waals surface area contributed by atoms with Crippen LogP contribution in [0.5, 0.6) is 0 Å². The van der Waals surface area contributed by atoms with Crippen LogP contribution in [-0.2, 0) is 4.79 Å². The van der Waals surface area contributed by atoms with E-state index in [2.05, 4.69) is 10.6 Å². The molecule has 8 heteroatoms. The minimum absolute atomic E-state index is 0.0204. The first-order valence-corrected chi connectivity index (χ1v) is 9.92. The third-order valence-corrected chi connectivity index (χ3v) is 5.24. The zero-order valence-electron chi connectivity index (χ0n) is 15.2. The molecule has 0 aromatic carbocycles. The van der Waals surface area contributed by atoms with Crippen molar-refractivity contribution in [1.29, 1.82) is 0 Å². The number of hydrogen-bond donors (Lipinski definition) is 2. The van der Waals surface area contributed by atoms with E-state index >= 15 is 0 Å². The fourth-order valence-electron chi connectivity index (χ4n) is 3.02. The number of carbonyl (C=O) groups is 3. The quantitative estimate of drug-likeness (QED) is 0.792. The van der Waals surface area contributed by atoms with Gasteiger partial charge in [-0.2, -0.15) is 11.3 Å². The van der Waals surface area contributed by atoms with Crippen molar-refractivity contribution in [2.75, 3.05) is 19.6 Å². The van der Waals surface area contributed by atoms with Gasteiger partial charge in [0.05, 0.1) is 0 Å². The van der Waals surface area contributed by atoms with E-state index in [4.69, 9.17) is 4.42 Å². The Hall–Kier alpha value is -2.61. The molecule has 144 valence electrons.